The van der Waals surface area contributed by atoms with Gasteiger partial charge in [-0.1, -0.05) is 53.0 Å². The zero-order valence-corrected chi connectivity index (χ0v) is 15.8. The molecule has 0 spiro atoms. The molecular weight excluding hydrogens is 355 g/mol. The van der Waals surface area contributed by atoms with Crippen LogP contribution in [0.15, 0.2) is 42.5 Å². The summed E-state index contributed by atoms with van der Waals surface area (Å²) in [5.74, 6) is 0.0694. The average Bonchev–Trinajstić information content (AvgIpc) is 2.58. The van der Waals surface area contributed by atoms with Crippen LogP contribution in [0.1, 0.15) is 24.0 Å². The van der Waals surface area contributed by atoms with Crippen LogP contribution < -0.4 is 5.32 Å². The standard InChI is InChI=1S/C20H22Cl2N2O/c1-14-3-2-4-15(11-14)13-24-9-7-16(8-10-24)20(25)23-19-6-5-17(21)12-18(19)22/h2-6,11-12,16H,7-10,13H2,1H3,(H,23,25). The summed E-state index contributed by atoms with van der Waals surface area (Å²) in [4.78, 5) is 14.9. The van der Waals surface area contributed by atoms with Crippen LogP contribution in [0, 0.1) is 12.8 Å². The number of halogens is 2. The molecule has 1 amide bonds. The van der Waals surface area contributed by atoms with E-state index in [2.05, 4.69) is 41.4 Å². The topological polar surface area (TPSA) is 32.3 Å². The Labute approximate surface area is 158 Å². The molecule has 1 aliphatic heterocycles. The third-order valence-corrected chi connectivity index (χ3v) is 5.18. The van der Waals surface area contributed by atoms with Crippen molar-refractivity contribution in [3.8, 4) is 0 Å². The largest absolute Gasteiger partial charge is 0.325 e. The Kier molecular flexibility index (Phi) is 6.00. The highest BCUT2D eigenvalue weighted by Gasteiger charge is 2.25. The average molecular weight is 377 g/mol. The van der Waals surface area contributed by atoms with Crippen molar-refractivity contribution in [2.45, 2.75) is 26.3 Å². The first-order valence-corrected chi connectivity index (χ1v) is 9.30. The zero-order chi connectivity index (χ0) is 17.8. The minimum Gasteiger partial charge on any atom is -0.325 e. The highest BCUT2D eigenvalue weighted by Crippen LogP contribution is 2.27. The second-order valence-electron chi connectivity index (χ2n) is 6.65. The molecule has 0 atom stereocenters. The van der Waals surface area contributed by atoms with Gasteiger partial charge in [0.1, 0.15) is 0 Å². The van der Waals surface area contributed by atoms with Crippen LogP contribution in [0.3, 0.4) is 0 Å². The van der Waals surface area contributed by atoms with Gasteiger partial charge in [-0.25, -0.2) is 0 Å². The molecule has 0 aliphatic carbocycles. The van der Waals surface area contributed by atoms with Crippen molar-refractivity contribution in [3.63, 3.8) is 0 Å². The van der Waals surface area contributed by atoms with E-state index in [1.807, 2.05) is 0 Å². The van der Waals surface area contributed by atoms with Gasteiger partial charge in [-0.3, -0.25) is 9.69 Å². The number of nitrogens with one attached hydrogen (secondary N) is 1. The van der Waals surface area contributed by atoms with Gasteiger partial charge in [0, 0.05) is 17.5 Å². The van der Waals surface area contributed by atoms with E-state index < -0.39 is 0 Å². The molecule has 1 N–H and O–H groups in total. The van der Waals surface area contributed by atoms with Crippen molar-refractivity contribution < 1.29 is 4.79 Å². The molecule has 1 heterocycles. The Bertz CT molecular complexity index is 755. The molecular formula is C20H22Cl2N2O. The van der Waals surface area contributed by atoms with Crippen molar-refractivity contribution in [1.82, 2.24) is 4.90 Å². The fourth-order valence-corrected chi connectivity index (χ4v) is 3.70. The first kappa shape index (κ1) is 18.2. The van der Waals surface area contributed by atoms with Crippen molar-refractivity contribution in [2.75, 3.05) is 18.4 Å². The van der Waals surface area contributed by atoms with Crippen molar-refractivity contribution in [2.24, 2.45) is 5.92 Å². The zero-order valence-electron chi connectivity index (χ0n) is 14.3. The molecule has 5 heteroatoms. The van der Waals surface area contributed by atoms with Crippen molar-refractivity contribution in [3.05, 3.63) is 63.6 Å². The summed E-state index contributed by atoms with van der Waals surface area (Å²) in [6.45, 7) is 4.92. The quantitative estimate of drug-likeness (QED) is 0.799. The fraction of sp³-hybridized carbons (Fsp3) is 0.350. The number of hydrogen-bond acceptors (Lipinski definition) is 2. The van der Waals surface area contributed by atoms with Gasteiger partial charge in [-0.05, 0) is 56.6 Å². The predicted octanol–water partition coefficient (Wildman–Crippen LogP) is 5.15. The normalized spacial score (nSPS) is 16.0. The highest BCUT2D eigenvalue weighted by atomic mass is 35.5. The molecule has 2 aromatic carbocycles. The van der Waals surface area contributed by atoms with Crippen molar-refractivity contribution >= 4 is 34.8 Å². The molecule has 0 saturated carbocycles. The summed E-state index contributed by atoms with van der Waals surface area (Å²) < 4.78 is 0. The van der Waals surface area contributed by atoms with Gasteiger partial charge in [0.25, 0.3) is 0 Å². The maximum atomic E-state index is 12.5. The molecule has 1 saturated heterocycles. The van der Waals surface area contributed by atoms with E-state index in [0.717, 1.165) is 32.5 Å². The summed E-state index contributed by atoms with van der Waals surface area (Å²) in [6.07, 6.45) is 1.73. The maximum absolute atomic E-state index is 12.5. The van der Waals surface area contributed by atoms with Gasteiger partial charge in [-0.15, -0.1) is 0 Å². The number of anilines is 1. The fourth-order valence-electron chi connectivity index (χ4n) is 3.25. The van der Waals surface area contributed by atoms with Gasteiger partial charge in [0.2, 0.25) is 5.91 Å². The van der Waals surface area contributed by atoms with Gasteiger partial charge in [0.15, 0.2) is 0 Å². The third kappa shape index (κ3) is 4.97. The van der Waals surface area contributed by atoms with E-state index >= 15 is 0 Å². The molecule has 0 radical (unpaired) electrons. The second-order valence-corrected chi connectivity index (χ2v) is 7.50. The van der Waals surface area contributed by atoms with Crippen LogP contribution in [-0.4, -0.2) is 23.9 Å². The lowest BCUT2D eigenvalue weighted by Crippen LogP contribution is -2.37. The number of piperidine rings is 1. The second kappa shape index (κ2) is 8.22. The molecule has 0 unspecified atom stereocenters. The molecule has 1 aliphatic rings. The van der Waals surface area contributed by atoms with Crippen LogP contribution >= 0.6 is 23.2 Å². The monoisotopic (exact) mass is 376 g/mol. The van der Waals surface area contributed by atoms with Crippen LogP contribution in [0.5, 0.6) is 0 Å². The number of likely N-dealkylation sites (tertiary alicyclic amines) is 1. The summed E-state index contributed by atoms with van der Waals surface area (Å²) in [6, 6.07) is 13.7. The van der Waals surface area contributed by atoms with Gasteiger partial charge >= 0.3 is 0 Å². The van der Waals surface area contributed by atoms with Crippen LogP contribution in [0.2, 0.25) is 10.0 Å². The molecule has 3 rings (SSSR count). The lowest BCUT2D eigenvalue weighted by atomic mass is 9.95. The minimum absolute atomic E-state index is 0.0282. The van der Waals surface area contributed by atoms with E-state index in [-0.39, 0.29) is 11.8 Å². The Hall–Kier alpha value is -1.55. The molecule has 0 aromatic heterocycles. The van der Waals surface area contributed by atoms with Gasteiger partial charge in [-0.2, -0.15) is 0 Å². The Morgan fingerprint density at radius 1 is 1.16 bits per heavy atom. The van der Waals surface area contributed by atoms with Crippen molar-refractivity contribution in [1.29, 1.82) is 0 Å². The number of carbonyl (C=O) groups is 1. The summed E-state index contributed by atoms with van der Waals surface area (Å²) in [7, 11) is 0. The number of benzene rings is 2. The van der Waals surface area contributed by atoms with Gasteiger partial charge < -0.3 is 5.32 Å². The molecule has 0 bridgehead atoms. The number of aryl methyl sites for hydroxylation is 1. The van der Waals surface area contributed by atoms with Crippen LogP contribution in [0.4, 0.5) is 5.69 Å². The Balaban J connectivity index is 1.52. The maximum Gasteiger partial charge on any atom is 0.227 e. The Morgan fingerprint density at radius 3 is 2.60 bits per heavy atom. The predicted molar refractivity (Wildman–Crippen MR) is 104 cm³/mol. The number of rotatable bonds is 4. The lowest BCUT2D eigenvalue weighted by molar-refractivity contribution is -0.121. The summed E-state index contributed by atoms with van der Waals surface area (Å²) >= 11 is 12.0. The molecule has 1 fully saturated rings. The Morgan fingerprint density at radius 2 is 1.92 bits per heavy atom. The molecule has 3 nitrogen and oxygen atoms in total. The molecule has 25 heavy (non-hydrogen) atoms. The number of carbonyl (C=O) groups excluding carboxylic acids is 1. The smallest absolute Gasteiger partial charge is 0.227 e. The minimum atomic E-state index is 0.0282. The lowest BCUT2D eigenvalue weighted by Gasteiger charge is -2.31. The van der Waals surface area contributed by atoms with Crippen LogP contribution in [-0.2, 0) is 11.3 Å². The number of amides is 1. The van der Waals surface area contributed by atoms with E-state index in [1.165, 1.54) is 11.1 Å². The van der Waals surface area contributed by atoms with E-state index in [4.69, 9.17) is 23.2 Å². The summed E-state index contributed by atoms with van der Waals surface area (Å²) in [5, 5.41) is 3.96. The first-order valence-electron chi connectivity index (χ1n) is 8.55. The molecule has 132 valence electrons. The summed E-state index contributed by atoms with van der Waals surface area (Å²) in [5.41, 5.74) is 3.24. The number of hydrogen-bond donors (Lipinski definition) is 1. The van der Waals surface area contributed by atoms with E-state index in [9.17, 15) is 4.79 Å². The molecule has 2 aromatic rings. The number of nitrogens with zero attached hydrogens (tertiary/aromatic N) is 1. The van der Waals surface area contributed by atoms with E-state index in [1.54, 1.807) is 18.2 Å². The third-order valence-electron chi connectivity index (χ3n) is 4.64. The van der Waals surface area contributed by atoms with Crippen LogP contribution in [0.25, 0.3) is 0 Å². The SMILES string of the molecule is Cc1cccc(CN2CCC(C(=O)Nc3ccc(Cl)cc3Cl)CC2)c1. The van der Waals surface area contributed by atoms with E-state index in [0.29, 0.717) is 15.7 Å². The highest BCUT2D eigenvalue weighted by molar-refractivity contribution is 6.36. The first-order chi connectivity index (χ1) is 12.0. The van der Waals surface area contributed by atoms with Gasteiger partial charge in [0.05, 0.1) is 10.7 Å².